The molecule has 0 saturated heterocycles. The Labute approximate surface area is 174 Å². The monoisotopic (exact) mass is 399 g/mol. The summed E-state index contributed by atoms with van der Waals surface area (Å²) in [6.07, 6.45) is 3.77. The summed E-state index contributed by atoms with van der Waals surface area (Å²) in [4.78, 5) is 21.0. The summed E-state index contributed by atoms with van der Waals surface area (Å²) in [7, 11) is 0. The zero-order valence-corrected chi connectivity index (χ0v) is 16.7. The maximum atomic E-state index is 12.5. The highest BCUT2D eigenvalue weighted by molar-refractivity contribution is 6.00. The minimum atomic E-state index is -0.311. The summed E-state index contributed by atoms with van der Waals surface area (Å²) >= 11 is 0. The van der Waals surface area contributed by atoms with Crippen LogP contribution in [0.4, 0.5) is 16.2 Å². The highest BCUT2D eigenvalue weighted by Gasteiger charge is 2.13. The normalized spacial score (nSPS) is 10.6. The van der Waals surface area contributed by atoms with E-state index in [2.05, 4.69) is 31.8 Å². The van der Waals surface area contributed by atoms with E-state index in [-0.39, 0.29) is 6.03 Å². The van der Waals surface area contributed by atoms with E-state index in [1.807, 2.05) is 62.4 Å². The lowest BCUT2D eigenvalue weighted by molar-refractivity contribution is 0.262. The van der Waals surface area contributed by atoms with Crippen molar-refractivity contribution in [3.8, 4) is 11.4 Å². The molecule has 0 unspecified atom stereocenters. The molecule has 4 aromatic rings. The van der Waals surface area contributed by atoms with E-state index in [1.54, 1.807) is 12.4 Å². The SMILES string of the molecule is Cc1cc(C)cc(NC(=O)Nc2ccccc2Cc2nc(-c3cccnc3)no2)c1. The van der Waals surface area contributed by atoms with Crippen LogP contribution in [-0.4, -0.2) is 21.2 Å². The molecular formula is C23H21N5O2. The maximum absolute atomic E-state index is 12.5. The van der Waals surface area contributed by atoms with Crippen molar-refractivity contribution in [1.82, 2.24) is 15.1 Å². The van der Waals surface area contributed by atoms with Crippen molar-refractivity contribution in [2.45, 2.75) is 20.3 Å². The van der Waals surface area contributed by atoms with Crippen LogP contribution in [0.5, 0.6) is 0 Å². The second kappa shape index (κ2) is 8.57. The van der Waals surface area contributed by atoms with Gasteiger partial charge in [0, 0.05) is 29.3 Å². The minimum absolute atomic E-state index is 0.311. The molecule has 4 rings (SSSR count). The molecule has 0 aliphatic rings. The molecule has 7 nitrogen and oxygen atoms in total. The molecule has 0 aliphatic heterocycles. The molecule has 2 aromatic heterocycles. The quantitative estimate of drug-likeness (QED) is 0.493. The van der Waals surface area contributed by atoms with Gasteiger partial charge >= 0.3 is 6.03 Å². The molecular weight excluding hydrogens is 378 g/mol. The molecule has 2 heterocycles. The van der Waals surface area contributed by atoms with Crippen LogP contribution in [0.25, 0.3) is 11.4 Å². The molecule has 2 N–H and O–H groups in total. The van der Waals surface area contributed by atoms with Crippen LogP contribution in [0.1, 0.15) is 22.6 Å². The van der Waals surface area contributed by atoms with Gasteiger partial charge in [-0.25, -0.2) is 4.79 Å². The average Bonchev–Trinajstić information content (AvgIpc) is 3.18. The van der Waals surface area contributed by atoms with Gasteiger partial charge in [-0.05, 0) is 60.9 Å². The van der Waals surface area contributed by atoms with Gasteiger partial charge in [-0.15, -0.1) is 0 Å². The van der Waals surface area contributed by atoms with Gasteiger partial charge in [-0.1, -0.05) is 29.4 Å². The Morgan fingerprint density at radius 3 is 2.57 bits per heavy atom. The van der Waals surface area contributed by atoms with Gasteiger partial charge in [0.2, 0.25) is 11.7 Å². The standard InChI is InChI=1S/C23H21N5O2/c1-15-10-16(2)12-19(11-15)25-23(29)26-20-8-4-3-6-17(20)13-21-27-22(28-30-21)18-7-5-9-24-14-18/h3-12,14H,13H2,1-2H3,(H2,25,26,29). The molecule has 0 radical (unpaired) electrons. The molecule has 150 valence electrons. The number of hydrogen-bond donors (Lipinski definition) is 2. The Morgan fingerprint density at radius 2 is 1.80 bits per heavy atom. The van der Waals surface area contributed by atoms with E-state index in [0.717, 1.165) is 27.9 Å². The predicted octanol–water partition coefficient (Wildman–Crippen LogP) is 4.98. The number of nitrogens with one attached hydrogen (secondary N) is 2. The Bertz CT molecular complexity index is 1150. The number of nitrogens with zero attached hydrogens (tertiary/aromatic N) is 3. The van der Waals surface area contributed by atoms with Gasteiger partial charge in [0.15, 0.2) is 0 Å². The first-order valence-electron chi connectivity index (χ1n) is 9.54. The Hall–Kier alpha value is -4.00. The number of urea groups is 1. The van der Waals surface area contributed by atoms with E-state index < -0.39 is 0 Å². The van der Waals surface area contributed by atoms with Crippen LogP contribution in [0.15, 0.2) is 71.5 Å². The predicted molar refractivity (Wildman–Crippen MR) is 115 cm³/mol. The Balaban J connectivity index is 1.47. The first kappa shape index (κ1) is 19.3. The number of amides is 2. The van der Waals surface area contributed by atoms with Crippen LogP contribution in [0, 0.1) is 13.8 Å². The molecule has 0 atom stereocenters. The Morgan fingerprint density at radius 1 is 1.00 bits per heavy atom. The highest BCUT2D eigenvalue weighted by atomic mass is 16.5. The summed E-state index contributed by atoms with van der Waals surface area (Å²) in [5, 5.41) is 9.81. The molecule has 0 saturated carbocycles. The minimum Gasteiger partial charge on any atom is -0.339 e. The smallest absolute Gasteiger partial charge is 0.323 e. The average molecular weight is 399 g/mol. The van der Waals surface area contributed by atoms with Crippen molar-refractivity contribution in [2.24, 2.45) is 0 Å². The van der Waals surface area contributed by atoms with Crippen molar-refractivity contribution >= 4 is 17.4 Å². The fraction of sp³-hybridized carbons (Fsp3) is 0.130. The summed E-state index contributed by atoms with van der Waals surface area (Å²) in [6, 6.07) is 16.8. The van der Waals surface area contributed by atoms with E-state index in [0.29, 0.717) is 23.8 Å². The van der Waals surface area contributed by atoms with E-state index in [1.165, 1.54) is 0 Å². The summed E-state index contributed by atoms with van der Waals surface area (Å²) in [6.45, 7) is 3.99. The Kier molecular flexibility index (Phi) is 5.52. The van der Waals surface area contributed by atoms with E-state index >= 15 is 0 Å². The van der Waals surface area contributed by atoms with Crippen LogP contribution in [0.3, 0.4) is 0 Å². The lowest BCUT2D eigenvalue weighted by Gasteiger charge is -2.12. The van der Waals surface area contributed by atoms with Crippen LogP contribution in [-0.2, 0) is 6.42 Å². The van der Waals surface area contributed by atoms with Crippen molar-refractivity contribution < 1.29 is 9.32 Å². The summed E-state index contributed by atoms with van der Waals surface area (Å²) in [5.74, 6) is 0.939. The largest absolute Gasteiger partial charge is 0.339 e. The van der Waals surface area contributed by atoms with E-state index in [9.17, 15) is 4.79 Å². The third-order valence-corrected chi connectivity index (χ3v) is 4.47. The van der Waals surface area contributed by atoms with Crippen molar-refractivity contribution in [2.75, 3.05) is 10.6 Å². The number of aryl methyl sites for hydroxylation is 2. The lowest BCUT2D eigenvalue weighted by Crippen LogP contribution is -2.20. The number of carbonyl (C=O) groups excluding carboxylic acids is 1. The third kappa shape index (κ3) is 4.70. The number of para-hydroxylation sites is 1. The van der Waals surface area contributed by atoms with Gasteiger partial charge in [-0.3, -0.25) is 4.98 Å². The maximum Gasteiger partial charge on any atom is 0.323 e. The highest BCUT2D eigenvalue weighted by Crippen LogP contribution is 2.21. The summed E-state index contributed by atoms with van der Waals surface area (Å²) in [5.41, 5.74) is 5.26. The topological polar surface area (TPSA) is 92.9 Å². The fourth-order valence-corrected chi connectivity index (χ4v) is 3.23. The van der Waals surface area contributed by atoms with Gasteiger partial charge in [0.25, 0.3) is 0 Å². The van der Waals surface area contributed by atoms with Crippen LogP contribution >= 0.6 is 0 Å². The van der Waals surface area contributed by atoms with Gasteiger partial charge in [-0.2, -0.15) is 4.98 Å². The third-order valence-electron chi connectivity index (χ3n) is 4.47. The second-order valence-corrected chi connectivity index (χ2v) is 7.04. The van der Waals surface area contributed by atoms with Crippen LogP contribution < -0.4 is 10.6 Å². The lowest BCUT2D eigenvalue weighted by atomic mass is 10.1. The molecule has 0 bridgehead atoms. The number of benzene rings is 2. The first-order chi connectivity index (χ1) is 14.6. The molecule has 30 heavy (non-hydrogen) atoms. The molecule has 2 aromatic carbocycles. The fourth-order valence-electron chi connectivity index (χ4n) is 3.23. The van der Waals surface area contributed by atoms with Crippen molar-refractivity contribution in [3.05, 3.63) is 89.6 Å². The zero-order chi connectivity index (χ0) is 20.9. The van der Waals surface area contributed by atoms with Crippen molar-refractivity contribution in [1.29, 1.82) is 0 Å². The molecule has 0 spiro atoms. The number of rotatable bonds is 5. The zero-order valence-electron chi connectivity index (χ0n) is 16.7. The van der Waals surface area contributed by atoms with Gasteiger partial charge < -0.3 is 15.2 Å². The molecule has 0 fully saturated rings. The second-order valence-electron chi connectivity index (χ2n) is 7.04. The van der Waals surface area contributed by atoms with E-state index in [4.69, 9.17) is 4.52 Å². The van der Waals surface area contributed by atoms with Gasteiger partial charge in [0.05, 0.1) is 6.42 Å². The number of anilines is 2. The summed E-state index contributed by atoms with van der Waals surface area (Å²) < 4.78 is 5.39. The molecule has 0 aliphatic carbocycles. The first-order valence-corrected chi connectivity index (χ1v) is 9.54. The number of carbonyl (C=O) groups is 1. The molecule has 7 heteroatoms. The number of aromatic nitrogens is 3. The van der Waals surface area contributed by atoms with Gasteiger partial charge in [0.1, 0.15) is 0 Å². The van der Waals surface area contributed by atoms with Crippen LogP contribution in [0.2, 0.25) is 0 Å². The number of hydrogen-bond acceptors (Lipinski definition) is 5. The van der Waals surface area contributed by atoms with Crippen molar-refractivity contribution in [3.63, 3.8) is 0 Å². The molecule has 2 amide bonds. The number of pyridine rings is 1.